The van der Waals surface area contributed by atoms with E-state index in [1.54, 1.807) is 29.2 Å². The van der Waals surface area contributed by atoms with Gasteiger partial charge in [0.1, 0.15) is 11.2 Å². The van der Waals surface area contributed by atoms with E-state index in [1.165, 1.54) is 6.07 Å². The Bertz CT molecular complexity index is 879. The number of benzene rings is 1. The molecule has 0 radical (unpaired) electrons. The van der Waals surface area contributed by atoms with Gasteiger partial charge in [-0.2, -0.15) is 0 Å². The lowest BCUT2D eigenvalue weighted by Crippen LogP contribution is -2.61. The zero-order chi connectivity index (χ0) is 17.7. The van der Waals surface area contributed by atoms with Crippen molar-refractivity contribution in [3.8, 4) is 0 Å². The van der Waals surface area contributed by atoms with E-state index < -0.39 is 11.2 Å². The zero-order valence-electron chi connectivity index (χ0n) is 14.4. The fraction of sp³-hybridized carbons (Fsp3) is 0.474. The number of ether oxygens (including phenoxy) is 2. The number of para-hydroxylation sites is 1. The standard InChI is InChI=1S/C19H21NO5/c1-18(2)10-20(11-19(25-18)7-8-23-12-19)17(22)16-9-14(21)13-5-3-4-6-15(13)24-16/h3-6,9H,7-8,10-12H2,1-2H3. The molecule has 2 fully saturated rings. The molecular weight excluding hydrogens is 322 g/mol. The monoisotopic (exact) mass is 343 g/mol. The highest BCUT2D eigenvalue weighted by molar-refractivity contribution is 5.93. The van der Waals surface area contributed by atoms with Crippen LogP contribution in [0.25, 0.3) is 11.0 Å². The van der Waals surface area contributed by atoms with Gasteiger partial charge in [0.15, 0.2) is 11.2 Å². The molecule has 0 bridgehead atoms. The van der Waals surface area contributed by atoms with Crippen LogP contribution < -0.4 is 5.43 Å². The van der Waals surface area contributed by atoms with Gasteiger partial charge in [0.25, 0.3) is 5.91 Å². The Morgan fingerprint density at radius 1 is 1.20 bits per heavy atom. The van der Waals surface area contributed by atoms with Crippen molar-refractivity contribution in [1.29, 1.82) is 0 Å². The molecular formula is C19H21NO5. The summed E-state index contributed by atoms with van der Waals surface area (Å²) in [5.41, 5.74) is -0.755. The maximum absolute atomic E-state index is 13.0. The summed E-state index contributed by atoms with van der Waals surface area (Å²) in [5, 5.41) is 0.474. The predicted molar refractivity (Wildman–Crippen MR) is 91.7 cm³/mol. The van der Waals surface area contributed by atoms with Crippen LogP contribution in [0, 0.1) is 0 Å². The lowest BCUT2D eigenvalue weighted by molar-refractivity contribution is -0.186. The molecule has 3 heterocycles. The average molecular weight is 343 g/mol. The Hall–Kier alpha value is -2.18. The molecule has 1 amide bonds. The average Bonchev–Trinajstić information content (AvgIpc) is 2.99. The van der Waals surface area contributed by atoms with Crippen molar-refractivity contribution < 1.29 is 18.7 Å². The number of hydrogen-bond donors (Lipinski definition) is 0. The molecule has 6 heteroatoms. The highest BCUT2D eigenvalue weighted by Crippen LogP contribution is 2.35. The summed E-state index contributed by atoms with van der Waals surface area (Å²) in [5.74, 6) is -0.221. The van der Waals surface area contributed by atoms with Crippen molar-refractivity contribution in [2.24, 2.45) is 0 Å². The quantitative estimate of drug-likeness (QED) is 0.794. The third-order valence-corrected chi connectivity index (χ3v) is 4.74. The molecule has 1 aromatic heterocycles. The van der Waals surface area contributed by atoms with Crippen LogP contribution in [0.5, 0.6) is 0 Å². The molecule has 1 aromatic carbocycles. The minimum atomic E-state index is -0.487. The fourth-order valence-corrected chi connectivity index (χ4v) is 3.82. The van der Waals surface area contributed by atoms with E-state index >= 15 is 0 Å². The first-order valence-electron chi connectivity index (χ1n) is 8.48. The summed E-state index contributed by atoms with van der Waals surface area (Å²) in [6.45, 7) is 5.90. The van der Waals surface area contributed by atoms with E-state index in [-0.39, 0.29) is 17.1 Å². The molecule has 6 nitrogen and oxygen atoms in total. The smallest absolute Gasteiger partial charge is 0.289 e. The van der Waals surface area contributed by atoms with Crippen LogP contribution >= 0.6 is 0 Å². The summed E-state index contributed by atoms with van der Waals surface area (Å²) in [7, 11) is 0. The van der Waals surface area contributed by atoms with E-state index in [0.717, 1.165) is 6.42 Å². The Labute approximate surface area is 145 Å². The number of rotatable bonds is 1. The molecule has 0 N–H and O–H groups in total. The van der Waals surface area contributed by atoms with Crippen molar-refractivity contribution >= 4 is 16.9 Å². The van der Waals surface area contributed by atoms with Crippen molar-refractivity contribution in [1.82, 2.24) is 4.90 Å². The number of carbonyl (C=O) groups is 1. The predicted octanol–water partition coefficient (Wildman–Crippen LogP) is 2.20. The molecule has 4 rings (SSSR count). The van der Waals surface area contributed by atoms with Crippen LogP contribution in [-0.2, 0) is 9.47 Å². The Morgan fingerprint density at radius 2 is 2.00 bits per heavy atom. The number of fused-ring (bicyclic) bond motifs is 1. The van der Waals surface area contributed by atoms with Gasteiger partial charge in [0, 0.05) is 25.6 Å². The Balaban J connectivity index is 1.69. The number of hydrogen-bond acceptors (Lipinski definition) is 5. The number of morpholine rings is 1. The second-order valence-electron chi connectivity index (χ2n) is 7.48. The van der Waals surface area contributed by atoms with Crippen LogP contribution in [0.4, 0.5) is 0 Å². The van der Waals surface area contributed by atoms with Gasteiger partial charge < -0.3 is 18.8 Å². The van der Waals surface area contributed by atoms with Gasteiger partial charge in [-0.15, -0.1) is 0 Å². The van der Waals surface area contributed by atoms with Gasteiger partial charge in [0.05, 0.1) is 24.1 Å². The lowest BCUT2D eigenvalue weighted by Gasteiger charge is -2.47. The summed E-state index contributed by atoms with van der Waals surface area (Å²) < 4.78 is 17.4. The molecule has 25 heavy (non-hydrogen) atoms. The van der Waals surface area contributed by atoms with Crippen molar-refractivity contribution in [2.45, 2.75) is 31.5 Å². The second-order valence-corrected chi connectivity index (χ2v) is 7.48. The molecule has 1 atom stereocenters. The van der Waals surface area contributed by atoms with Crippen molar-refractivity contribution in [2.75, 3.05) is 26.3 Å². The van der Waals surface area contributed by atoms with Crippen molar-refractivity contribution in [3.05, 3.63) is 46.3 Å². The van der Waals surface area contributed by atoms with Gasteiger partial charge in [-0.05, 0) is 26.0 Å². The van der Waals surface area contributed by atoms with Crippen molar-refractivity contribution in [3.63, 3.8) is 0 Å². The lowest BCUT2D eigenvalue weighted by atomic mass is 9.94. The first-order chi connectivity index (χ1) is 11.9. The molecule has 1 spiro atoms. The van der Waals surface area contributed by atoms with Gasteiger partial charge >= 0.3 is 0 Å². The summed E-state index contributed by atoms with van der Waals surface area (Å²) in [6, 6.07) is 8.23. The maximum atomic E-state index is 13.0. The van der Waals surface area contributed by atoms with E-state index in [2.05, 4.69) is 0 Å². The molecule has 1 unspecified atom stereocenters. The SMILES string of the molecule is CC1(C)CN(C(=O)c2cc(=O)c3ccccc3o2)CC2(CCOC2)O1. The molecule has 2 aliphatic heterocycles. The van der Waals surface area contributed by atoms with Crippen LogP contribution in [0.3, 0.4) is 0 Å². The van der Waals surface area contributed by atoms with E-state index in [0.29, 0.717) is 37.3 Å². The largest absolute Gasteiger partial charge is 0.451 e. The normalized spacial score (nSPS) is 25.6. The number of amides is 1. The number of carbonyl (C=O) groups excluding carboxylic acids is 1. The summed E-state index contributed by atoms with van der Waals surface area (Å²) >= 11 is 0. The second kappa shape index (κ2) is 5.68. The van der Waals surface area contributed by atoms with Crippen LogP contribution in [0.15, 0.2) is 39.5 Å². The molecule has 132 valence electrons. The first kappa shape index (κ1) is 16.3. The minimum Gasteiger partial charge on any atom is -0.451 e. The fourth-order valence-electron chi connectivity index (χ4n) is 3.82. The van der Waals surface area contributed by atoms with E-state index in [4.69, 9.17) is 13.9 Å². The molecule has 2 aliphatic rings. The van der Waals surface area contributed by atoms with Crippen LogP contribution in [0.1, 0.15) is 30.8 Å². The van der Waals surface area contributed by atoms with Crippen LogP contribution in [-0.4, -0.2) is 48.3 Å². The van der Waals surface area contributed by atoms with Gasteiger partial charge in [-0.3, -0.25) is 9.59 Å². The van der Waals surface area contributed by atoms with Gasteiger partial charge in [-0.25, -0.2) is 0 Å². The third kappa shape index (κ3) is 2.96. The topological polar surface area (TPSA) is 69.0 Å². The van der Waals surface area contributed by atoms with Gasteiger partial charge in [-0.1, -0.05) is 12.1 Å². The van der Waals surface area contributed by atoms with Gasteiger partial charge in [0.2, 0.25) is 0 Å². The molecule has 2 aromatic rings. The summed E-state index contributed by atoms with van der Waals surface area (Å²) in [4.78, 5) is 27.0. The first-order valence-corrected chi connectivity index (χ1v) is 8.48. The highest BCUT2D eigenvalue weighted by atomic mass is 16.6. The summed E-state index contributed by atoms with van der Waals surface area (Å²) in [6.07, 6.45) is 0.752. The van der Waals surface area contributed by atoms with E-state index in [1.807, 2.05) is 13.8 Å². The highest BCUT2D eigenvalue weighted by Gasteiger charge is 2.48. The maximum Gasteiger partial charge on any atom is 0.289 e. The third-order valence-electron chi connectivity index (χ3n) is 4.74. The Kier molecular flexibility index (Phi) is 3.70. The minimum absolute atomic E-state index is 0.0652. The number of nitrogens with zero attached hydrogens (tertiary/aromatic N) is 1. The van der Waals surface area contributed by atoms with Crippen LogP contribution in [0.2, 0.25) is 0 Å². The van der Waals surface area contributed by atoms with E-state index in [9.17, 15) is 9.59 Å². The molecule has 0 aliphatic carbocycles. The molecule has 2 saturated heterocycles. The Morgan fingerprint density at radius 3 is 2.76 bits per heavy atom. The zero-order valence-corrected chi connectivity index (χ0v) is 14.4. The molecule has 0 saturated carbocycles.